The van der Waals surface area contributed by atoms with E-state index in [1.165, 1.54) is 4.68 Å². The van der Waals surface area contributed by atoms with Gasteiger partial charge in [-0.05, 0) is 31.7 Å². The van der Waals surface area contributed by atoms with Gasteiger partial charge in [0.15, 0.2) is 0 Å². The summed E-state index contributed by atoms with van der Waals surface area (Å²) in [6, 6.07) is 7.52. The van der Waals surface area contributed by atoms with Crippen molar-refractivity contribution in [2.45, 2.75) is 44.8 Å². The van der Waals surface area contributed by atoms with Crippen LogP contribution in [0.4, 0.5) is 0 Å². The van der Waals surface area contributed by atoms with Crippen molar-refractivity contribution in [3.8, 4) is 0 Å². The molecule has 0 saturated carbocycles. The van der Waals surface area contributed by atoms with Crippen LogP contribution in [-0.2, 0) is 17.9 Å². The lowest BCUT2D eigenvalue weighted by Crippen LogP contribution is -2.46. The number of fused-ring (bicyclic) bond motifs is 1. The molecule has 0 spiro atoms. The minimum absolute atomic E-state index is 0.00869. The SMILES string of the molecule is O=C(Cn1ncc2ccccc2c1=O)N1CCCCC1CCn1ccnc1. The van der Waals surface area contributed by atoms with Crippen LogP contribution >= 0.6 is 0 Å². The van der Waals surface area contributed by atoms with E-state index in [2.05, 4.69) is 10.1 Å². The van der Waals surface area contributed by atoms with Crippen molar-refractivity contribution >= 4 is 16.7 Å². The molecule has 1 unspecified atom stereocenters. The first-order chi connectivity index (χ1) is 13.2. The summed E-state index contributed by atoms with van der Waals surface area (Å²) in [5.41, 5.74) is -0.214. The maximum absolute atomic E-state index is 12.9. The minimum Gasteiger partial charge on any atom is -0.338 e. The zero-order chi connectivity index (χ0) is 18.6. The third-order valence-electron chi connectivity index (χ3n) is 5.27. The summed E-state index contributed by atoms with van der Waals surface area (Å²) in [4.78, 5) is 31.6. The average Bonchev–Trinajstić information content (AvgIpc) is 3.22. The molecule has 3 aromatic rings. The van der Waals surface area contributed by atoms with E-state index in [-0.39, 0.29) is 24.1 Å². The number of imidazole rings is 1. The zero-order valence-electron chi connectivity index (χ0n) is 15.2. The fraction of sp³-hybridized carbons (Fsp3) is 0.400. The van der Waals surface area contributed by atoms with Crippen molar-refractivity contribution in [3.63, 3.8) is 0 Å². The second-order valence-corrected chi connectivity index (χ2v) is 7.02. The van der Waals surface area contributed by atoms with Gasteiger partial charge < -0.3 is 9.47 Å². The zero-order valence-corrected chi connectivity index (χ0v) is 15.2. The van der Waals surface area contributed by atoms with E-state index in [4.69, 9.17) is 0 Å². The number of likely N-dealkylation sites (tertiary alicyclic amines) is 1. The number of carbonyl (C=O) groups is 1. The van der Waals surface area contributed by atoms with Crippen molar-refractivity contribution in [1.29, 1.82) is 0 Å². The number of aryl methyl sites for hydroxylation is 1. The third kappa shape index (κ3) is 3.77. The Kier molecular flexibility index (Phi) is 5.00. The number of nitrogens with zero attached hydrogens (tertiary/aromatic N) is 5. The molecule has 7 heteroatoms. The molecule has 1 fully saturated rings. The predicted octanol–water partition coefficient (Wildman–Crippen LogP) is 2.06. The molecular formula is C20H23N5O2. The van der Waals surface area contributed by atoms with Crippen LogP contribution in [0.25, 0.3) is 10.8 Å². The van der Waals surface area contributed by atoms with Crippen molar-refractivity contribution in [2.75, 3.05) is 6.54 Å². The smallest absolute Gasteiger partial charge is 0.275 e. The van der Waals surface area contributed by atoms with Crippen LogP contribution in [0.5, 0.6) is 0 Å². The molecule has 1 aliphatic rings. The van der Waals surface area contributed by atoms with E-state index >= 15 is 0 Å². The van der Waals surface area contributed by atoms with Crippen LogP contribution in [0.15, 0.2) is 54.0 Å². The number of amides is 1. The summed E-state index contributed by atoms with van der Waals surface area (Å²) in [5, 5.41) is 5.58. The summed E-state index contributed by atoms with van der Waals surface area (Å²) < 4.78 is 3.32. The van der Waals surface area contributed by atoms with E-state index in [0.717, 1.165) is 44.2 Å². The maximum Gasteiger partial charge on any atom is 0.275 e. The number of hydrogen-bond acceptors (Lipinski definition) is 4. The Bertz CT molecular complexity index is 979. The molecule has 4 rings (SSSR count). The molecular weight excluding hydrogens is 342 g/mol. The van der Waals surface area contributed by atoms with Gasteiger partial charge in [-0.1, -0.05) is 18.2 Å². The first-order valence-corrected chi connectivity index (χ1v) is 9.42. The van der Waals surface area contributed by atoms with Gasteiger partial charge in [-0.25, -0.2) is 9.67 Å². The fourth-order valence-corrected chi connectivity index (χ4v) is 3.81. The summed E-state index contributed by atoms with van der Waals surface area (Å²) in [6.07, 6.45) is 11.2. The Morgan fingerprint density at radius 1 is 1.22 bits per heavy atom. The molecule has 1 aliphatic heterocycles. The Hall–Kier alpha value is -2.96. The third-order valence-corrected chi connectivity index (χ3v) is 5.27. The molecule has 0 aliphatic carbocycles. The van der Waals surface area contributed by atoms with E-state index in [9.17, 15) is 9.59 Å². The van der Waals surface area contributed by atoms with Crippen molar-refractivity contribution in [3.05, 3.63) is 59.5 Å². The van der Waals surface area contributed by atoms with Crippen LogP contribution in [0.1, 0.15) is 25.7 Å². The number of benzene rings is 1. The number of aromatic nitrogens is 4. The average molecular weight is 365 g/mol. The normalized spacial score (nSPS) is 17.3. The van der Waals surface area contributed by atoms with Crippen molar-refractivity contribution in [1.82, 2.24) is 24.2 Å². The number of carbonyl (C=O) groups excluding carboxylic acids is 1. The highest BCUT2D eigenvalue weighted by atomic mass is 16.2. The fourth-order valence-electron chi connectivity index (χ4n) is 3.81. The standard InChI is InChI=1S/C20H23N5O2/c26-19(14-25-20(27)18-7-2-1-5-16(18)13-22-25)24-10-4-3-6-17(24)8-11-23-12-9-21-15-23/h1-2,5,7,9,12-13,15,17H,3-4,6,8,10-11,14H2. The van der Waals surface area contributed by atoms with Gasteiger partial charge in [0.2, 0.25) is 5.91 Å². The molecule has 1 aromatic carbocycles. The van der Waals surface area contributed by atoms with Gasteiger partial charge in [0.25, 0.3) is 5.56 Å². The van der Waals surface area contributed by atoms with Crippen LogP contribution in [0.2, 0.25) is 0 Å². The second-order valence-electron chi connectivity index (χ2n) is 7.02. The summed E-state index contributed by atoms with van der Waals surface area (Å²) >= 11 is 0. The van der Waals surface area contributed by atoms with Crippen LogP contribution in [-0.4, -0.2) is 42.7 Å². The Morgan fingerprint density at radius 3 is 2.96 bits per heavy atom. The van der Waals surface area contributed by atoms with Gasteiger partial charge in [0.05, 0.1) is 17.9 Å². The molecule has 1 saturated heterocycles. The van der Waals surface area contributed by atoms with E-state index in [1.807, 2.05) is 33.9 Å². The topological polar surface area (TPSA) is 73.0 Å². The molecule has 3 heterocycles. The van der Waals surface area contributed by atoms with E-state index in [1.54, 1.807) is 24.8 Å². The molecule has 27 heavy (non-hydrogen) atoms. The number of piperidine rings is 1. The lowest BCUT2D eigenvalue weighted by atomic mass is 9.99. The highest BCUT2D eigenvalue weighted by Gasteiger charge is 2.27. The number of hydrogen-bond donors (Lipinski definition) is 0. The Labute approximate surface area is 157 Å². The summed E-state index contributed by atoms with van der Waals surface area (Å²) in [7, 11) is 0. The molecule has 1 atom stereocenters. The maximum atomic E-state index is 12.9. The largest absolute Gasteiger partial charge is 0.338 e. The molecule has 0 bridgehead atoms. The molecule has 7 nitrogen and oxygen atoms in total. The van der Waals surface area contributed by atoms with Crippen LogP contribution in [0, 0.1) is 0 Å². The van der Waals surface area contributed by atoms with Gasteiger partial charge in [0.1, 0.15) is 6.54 Å². The first kappa shape index (κ1) is 17.5. The highest BCUT2D eigenvalue weighted by Crippen LogP contribution is 2.21. The predicted molar refractivity (Wildman–Crippen MR) is 102 cm³/mol. The summed E-state index contributed by atoms with van der Waals surface area (Å²) in [6.45, 7) is 1.57. The van der Waals surface area contributed by atoms with E-state index in [0.29, 0.717) is 5.39 Å². The molecule has 2 aromatic heterocycles. The number of rotatable bonds is 5. The van der Waals surface area contributed by atoms with Crippen molar-refractivity contribution < 1.29 is 4.79 Å². The minimum atomic E-state index is -0.214. The van der Waals surface area contributed by atoms with Gasteiger partial charge in [-0.3, -0.25) is 9.59 Å². The Morgan fingerprint density at radius 2 is 2.11 bits per heavy atom. The molecule has 0 radical (unpaired) electrons. The van der Waals surface area contributed by atoms with E-state index < -0.39 is 0 Å². The molecule has 1 amide bonds. The first-order valence-electron chi connectivity index (χ1n) is 9.42. The van der Waals surface area contributed by atoms with Gasteiger partial charge in [-0.2, -0.15) is 5.10 Å². The lowest BCUT2D eigenvalue weighted by Gasteiger charge is -2.36. The molecule has 0 N–H and O–H groups in total. The monoisotopic (exact) mass is 365 g/mol. The van der Waals surface area contributed by atoms with Crippen molar-refractivity contribution in [2.24, 2.45) is 0 Å². The van der Waals surface area contributed by atoms with Crippen LogP contribution < -0.4 is 5.56 Å². The summed E-state index contributed by atoms with van der Waals surface area (Å²) in [5.74, 6) is -0.0322. The quantitative estimate of drug-likeness (QED) is 0.694. The Balaban J connectivity index is 1.48. The molecule has 140 valence electrons. The van der Waals surface area contributed by atoms with Gasteiger partial charge in [0, 0.05) is 36.9 Å². The second kappa shape index (κ2) is 7.73. The van der Waals surface area contributed by atoms with Gasteiger partial charge >= 0.3 is 0 Å². The highest BCUT2D eigenvalue weighted by molar-refractivity contribution is 5.81. The lowest BCUT2D eigenvalue weighted by molar-refractivity contribution is -0.136. The van der Waals surface area contributed by atoms with Gasteiger partial charge in [-0.15, -0.1) is 0 Å². The van der Waals surface area contributed by atoms with Crippen LogP contribution in [0.3, 0.4) is 0 Å².